The Morgan fingerprint density at radius 2 is 1.92 bits per heavy atom. The van der Waals surface area contributed by atoms with E-state index in [1.807, 2.05) is 48.6 Å². The first-order valence-corrected chi connectivity index (χ1v) is 8.25. The van der Waals surface area contributed by atoms with Crippen molar-refractivity contribution >= 4 is 12.2 Å². The second-order valence-electron chi connectivity index (χ2n) is 6.05. The molecule has 26 heavy (non-hydrogen) atoms. The van der Waals surface area contributed by atoms with E-state index in [9.17, 15) is 10.4 Å². The summed E-state index contributed by atoms with van der Waals surface area (Å²) >= 11 is 0. The van der Waals surface area contributed by atoms with Gasteiger partial charge in [0.25, 0.3) is 0 Å². The normalized spacial score (nSPS) is 14.7. The van der Waals surface area contributed by atoms with Crippen molar-refractivity contribution in [2.45, 2.75) is 6.10 Å². The summed E-state index contributed by atoms with van der Waals surface area (Å²) in [4.78, 5) is 4.53. The summed E-state index contributed by atoms with van der Waals surface area (Å²) in [5.74, 6) is 0.750. The summed E-state index contributed by atoms with van der Waals surface area (Å²) in [6.07, 6.45) is 4.61. The highest BCUT2D eigenvalue weighted by molar-refractivity contribution is 5.79. The number of methoxy groups -OCH3 is 1. The number of rotatable bonds is 2. The number of nitriles is 1. The minimum Gasteiger partial charge on any atom is -0.496 e. The summed E-state index contributed by atoms with van der Waals surface area (Å²) in [5, 5.41) is 20.3. The molecule has 0 fully saturated rings. The van der Waals surface area contributed by atoms with Crippen LogP contribution in [0.1, 0.15) is 34.1 Å². The molecule has 1 heterocycles. The van der Waals surface area contributed by atoms with Crippen molar-refractivity contribution in [2.75, 3.05) is 7.11 Å². The fraction of sp³-hybridized carbons (Fsp3) is 0.0909. The number of aliphatic hydroxyl groups excluding tert-OH is 1. The van der Waals surface area contributed by atoms with E-state index >= 15 is 0 Å². The summed E-state index contributed by atoms with van der Waals surface area (Å²) < 4.78 is 5.44. The van der Waals surface area contributed by atoms with Gasteiger partial charge in [0.2, 0.25) is 0 Å². The van der Waals surface area contributed by atoms with Crippen LogP contribution in [-0.4, -0.2) is 17.2 Å². The molecule has 1 unspecified atom stereocenters. The van der Waals surface area contributed by atoms with Crippen molar-refractivity contribution in [1.29, 1.82) is 5.26 Å². The predicted molar refractivity (Wildman–Crippen MR) is 100 cm³/mol. The standard InChI is InChI=1S/C22H16N2O2/c1-26-21-8-3-2-6-17(21)15-11-19-20(24-13-15)10-9-16-14(12-23)5-4-7-18(16)22(19)25/h2-11,13,22,25H,1H3. The topological polar surface area (TPSA) is 66.1 Å². The Bertz CT molecular complexity index is 1060. The lowest BCUT2D eigenvalue weighted by Crippen LogP contribution is -2.05. The van der Waals surface area contributed by atoms with Gasteiger partial charge in [-0.1, -0.05) is 36.4 Å². The molecule has 0 radical (unpaired) electrons. The smallest absolute Gasteiger partial charge is 0.126 e. The summed E-state index contributed by atoms with van der Waals surface area (Å²) in [6.45, 7) is 0. The van der Waals surface area contributed by atoms with Gasteiger partial charge in [-0.2, -0.15) is 5.26 Å². The second kappa shape index (κ2) is 6.47. The van der Waals surface area contributed by atoms with E-state index in [1.165, 1.54) is 0 Å². The maximum Gasteiger partial charge on any atom is 0.126 e. The Labute approximate surface area is 151 Å². The quantitative estimate of drug-likeness (QED) is 0.759. The van der Waals surface area contributed by atoms with Crippen molar-refractivity contribution in [3.05, 3.63) is 82.7 Å². The molecule has 4 rings (SSSR count). The molecule has 0 bridgehead atoms. The molecule has 126 valence electrons. The van der Waals surface area contributed by atoms with Crippen LogP contribution in [-0.2, 0) is 0 Å². The first-order valence-electron chi connectivity index (χ1n) is 8.25. The van der Waals surface area contributed by atoms with Gasteiger partial charge in [0, 0.05) is 22.9 Å². The summed E-state index contributed by atoms with van der Waals surface area (Å²) in [7, 11) is 1.63. The molecule has 2 aromatic carbocycles. The van der Waals surface area contributed by atoms with Crippen LogP contribution < -0.4 is 4.74 Å². The molecule has 0 aliphatic heterocycles. The lowest BCUT2D eigenvalue weighted by Gasteiger charge is -2.16. The molecule has 1 N–H and O–H groups in total. The number of fused-ring (bicyclic) bond motifs is 2. The lowest BCUT2D eigenvalue weighted by atomic mass is 9.94. The molecule has 1 aliphatic rings. The summed E-state index contributed by atoms with van der Waals surface area (Å²) in [6, 6.07) is 17.2. The zero-order valence-corrected chi connectivity index (χ0v) is 14.2. The van der Waals surface area contributed by atoms with Crippen LogP contribution in [0.15, 0.2) is 54.7 Å². The molecule has 1 aliphatic carbocycles. The van der Waals surface area contributed by atoms with Crippen molar-refractivity contribution < 1.29 is 9.84 Å². The number of benzene rings is 2. The average molecular weight is 340 g/mol. The van der Waals surface area contributed by atoms with Gasteiger partial charge in [0.05, 0.1) is 24.4 Å². The molecular formula is C22H16N2O2. The maximum absolute atomic E-state index is 11.0. The Morgan fingerprint density at radius 3 is 2.73 bits per heavy atom. The van der Waals surface area contributed by atoms with E-state index in [0.29, 0.717) is 22.4 Å². The number of aliphatic hydroxyl groups is 1. The Kier molecular flexibility index (Phi) is 4.00. The number of pyridine rings is 1. The van der Waals surface area contributed by atoms with Crippen LogP contribution in [0.25, 0.3) is 23.3 Å². The molecule has 4 heteroatoms. The van der Waals surface area contributed by atoms with Crippen LogP contribution in [0, 0.1) is 11.3 Å². The maximum atomic E-state index is 11.0. The minimum absolute atomic E-state index is 0.538. The predicted octanol–water partition coefficient (Wildman–Crippen LogP) is 4.19. The van der Waals surface area contributed by atoms with Crippen LogP contribution in [0.5, 0.6) is 5.75 Å². The monoisotopic (exact) mass is 340 g/mol. The van der Waals surface area contributed by atoms with E-state index in [-0.39, 0.29) is 0 Å². The highest BCUT2D eigenvalue weighted by Crippen LogP contribution is 2.37. The highest BCUT2D eigenvalue weighted by atomic mass is 16.5. The number of hydrogen-bond acceptors (Lipinski definition) is 4. The third-order valence-corrected chi connectivity index (χ3v) is 4.62. The van der Waals surface area contributed by atoms with Crippen LogP contribution in [0.2, 0.25) is 0 Å². The largest absolute Gasteiger partial charge is 0.496 e. The van der Waals surface area contributed by atoms with Gasteiger partial charge in [0.15, 0.2) is 0 Å². The zero-order chi connectivity index (χ0) is 18.1. The van der Waals surface area contributed by atoms with Crippen LogP contribution in [0.3, 0.4) is 0 Å². The summed E-state index contributed by atoms with van der Waals surface area (Å²) in [5.41, 5.74) is 5.16. The van der Waals surface area contributed by atoms with E-state index in [0.717, 1.165) is 22.4 Å². The van der Waals surface area contributed by atoms with Gasteiger partial charge in [-0.25, -0.2) is 0 Å². The lowest BCUT2D eigenvalue weighted by molar-refractivity contribution is 0.219. The fourth-order valence-corrected chi connectivity index (χ4v) is 3.32. The molecule has 0 spiro atoms. The molecule has 0 saturated carbocycles. The van der Waals surface area contributed by atoms with Gasteiger partial charge in [-0.05, 0) is 35.4 Å². The Balaban J connectivity index is 1.89. The van der Waals surface area contributed by atoms with E-state index in [4.69, 9.17) is 4.74 Å². The number of nitrogens with zero attached hydrogens (tertiary/aromatic N) is 2. The number of para-hydroxylation sites is 1. The Hall–Kier alpha value is -3.42. The number of ether oxygens (including phenoxy) is 1. The van der Waals surface area contributed by atoms with Crippen molar-refractivity contribution in [3.63, 3.8) is 0 Å². The van der Waals surface area contributed by atoms with Crippen molar-refractivity contribution in [2.24, 2.45) is 0 Å². The van der Waals surface area contributed by atoms with Gasteiger partial charge >= 0.3 is 0 Å². The van der Waals surface area contributed by atoms with E-state index in [1.54, 1.807) is 25.4 Å². The first kappa shape index (κ1) is 16.1. The van der Waals surface area contributed by atoms with Crippen LogP contribution in [0.4, 0.5) is 0 Å². The molecule has 1 atom stereocenters. The van der Waals surface area contributed by atoms with Crippen LogP contribution >= 0.6 is 0 Å². The molecule has 0 saturated heterocycles. The highest BCUT2D eigenvalue weighted by Gasteiger charge is 2.22. The average Bonchev–Trinajstić information content (AvgIpc) is 2.84. The SMILES string of the molecule is COc1ccccc1-c1cnc2c(c1)C(O)c1cccc(C#N)c1C=C2. The third-order valence-electron chi connectivity index (χ3n) is 4.62. The van der Waals surface area contributed by atoms with Gasteiger partial charge in [-0.15, -0.1) is 0 Å². The van der Waals surface area contributed by atoms with Crippen molar-refractivity contribution in [3.8, 4) is 22.9 Å². The minimum atomic E-state index is -0.856. The first-order chi connectivity index (χ1) is 12.7. The molecule has 0 amide bonds. The molecule has 3 aromatic rings. The van der Waals surface area contributed by atoms with E-state index in [2.05, 4.69) is 11.1 Å². The number of hydrogen-bond donors (Lipinski definition) is 1. The molecule has 1 aromatic heterocycles. The van der Waals surface area contributed by atoms with Gasteiger partial charge in [-0.3, -0.25) is 4.98 Å². The number of aromatic nitrogens is 1. The fourth-order valence-electron chi connectivity index (χ4n) is 3.32. The van der Waals surface area contributed by atoms with Gasteiger partial charge < -0.3 is 9.84 Å². The van der Waals surface area contributed by atoms with E-state index < -0.39 is 6.10 Å². The van der Waals surface area contributed by atoms with Gasteiger partial charge in [0.1, 0.15) is 11.9 Å². The second-order valence-corrected chi connectivity index (χ2v) is 6.05. The van der Waals surface area contributed by atoms with Crippen molar-refractivity contribution in [1.82, 2.24) is 4.98 Å². The third kappa shape index (κ3) is 2.55. The zero-order valence-electron chi connectivity index (χ0n) is 14.2. The molecule has 4 nitrogen and oxygen atoms in total. The molecular weight excluding hydrogens is 324 g/mol. The Morgan fingerprint density at radius 1 is 1.08 bits per heavy atom.